The lowest BCUT2D eigenvalue weighted by molar-refractivity contribution is 0.373. The maximum atomic E-state index is 6.06. The van der Waals surface area contributed by atoms with E-state index in [2.05, 4.69) is 30.7 Å². The number of aromatic nitrogens is 1. The molecule has 1 unspecified atom stereocenters. The van der Waals surface area contributed by atoms with Crippen molar-refractivity contribution in [3.05, 3.63) is 23.4 Å². The quantitative estimate of drug-likeness (QED) is 0.706. The molecule has 5 nitrogen and oxygen atoms in total. The minimum atomic E-state index is -0.274. The maximum Gasteiger partial charge on any atom is 0.199 e. The van der Waals surface area contributed by atoms with Gasteiger partial charge < -0.3 is 16.4 Å². The Kier molecular flexibility index (Phi) is 2.58. The predicted octanol–water partition coefficient (Wildman–Crippen LogP) is 1.23. The molecule has 2 rings (SSSR count). The summed E-state index contributed by atoms with van der Waals surface area (Å²) < 4.78 is 0. The maximum absolute atomic E-state index is 6.06. The molecule has 1 aliphatic heterocycles. The molecule has 2 heterocycles. The summed E-state index contributed by atoms with van der Waals surface area (Å²) in [6.07, 6.45) is -0.274. The van der Waals surface area contributed by atoms with E-state index in [-0.39, 0.29) is 11.6 Å². The molecule has 0 amide bonds. The van der Waals surface area contributed by atoms with Gasteiger partial charge in [-0.15, -0.1) is 0 Å². The van der Waals surface area contributed by atoms with Gasteiger partial charge in [-0.1, -0.05) is 20.8 Å². The number of nitrogens with zero attached hydrogens (tertiary/aromatic N) is 3. The largest absolute Gasteiger partial charge is 0.369 e. The lowest BCUT2D eigenvalue weighted by Gasteiger charge is -2.31. The molecule has 92 valence electrons. The summed E-state index contributed by atoms with van der Waals surface area (Å²) in [4.78, 5) is 10.6. The van der Waals surface area contributed by atoms with Crippen LogP contribution in [0.25, 0.3) is 0 Å². The van der Waals surface area contributed by atoms with Crippen molar-refractivity contribution in [2.75, 3.05) is 7.05 Å². The highest BCUT2D eigenvalue weighted by molar-refractivity contribution is 5.83. The number of hydrogen-bond donors (Lipinski definition) is 2. The van der Waals surface area contributed by atoms with Crippen LogP contribution in [0.1, 0.15) is 38.2 Å². The van der Waals surface area contributed by atoms with Gasteiger partial charge in [-0.25, -0.2) is 4.98 Å². The van der Waals surface area contributed by atoms with Gasteiger partial charge in [0.05, 0.1) is 0 Å². The van der Waals surface area contributed by atoms with E-state index in [0.717, 1.165) is 11.3 Å². The van der Waals surface area contributed by atoms with Crippen LogP contribution in [0.15, 0.2) is 17.1 Å². The van der Waals surface area contributed by atoms with Gasteiger partial charge in [-0.05, 0) is 12.1 Å². The molecule has 5 heteroatoms. The molecule has 4 N–H and O–H groups in total. The predicted molar refractivity (Wildman–Crippen MR) is 68.9 cm³/mol. The number of guanidine groups is 1. The van der Waals surface area contributed by atoms with Gasteiger partial charge in [0.1, 0.15) is 6.17 Å². The molecule has 1 aromatic heterocycles. The first-order valence-electron chi connectivity index (χ1n) is 5.64. The smallest absolute Gasteiger partial charge is 0.199 e. The van der Waals surface area contributed by atoms with Crippen LogP contribution < -0.4 is 11.5 Å². The van der Waals surface area contributed by atoms with Gasteiger partial charge in [-0.3, -0.25) is 0 Å². The Hall–Kier alpha value is -1.62. The molecule has 1 atom stereocenters. The zero-order chi connectivity index (χ0) is 12.8. The minimum Gasteiger partial charge on any atom is -0.369 e. The molecular formula is C12H19N5. The van der Waals surface area contributed by atoms with Crippen molar-refractivity contribution in [2.45, 2.75) is 32.4 Å². The van der Waals surface area contributed by atoms with E-state index in [4.69, 9.17) is 11.5 Å². The Morgan fingerprint density at radius 2 is 1.94 bits per heavy atom. The molecule has 0 bridgehead atoms. The molecular weight excluding hydrogens is 214 g/mol. The summed E-state index contributed by atoms with van der Waals surface area (Å²) in [5.74, 6) is 1.05. The molecule has 0 saturated carbocycles. The number of aliphatic imine (C=N–C) groups is 1. The number of pyridine rings is 1. The molecule has 0 aliphatic carbocycles. The summed E-state index contributed by atoms with van der Waals surface area (Å²) in [6, 6.07) is 3.99. The zero-order valence-corrected chi connectivity index (χ0v) is 10.7. The van der Waals surface area contributed by atoms with Gasteiger partial charge in [0.2, 0.25) is 0 Å². The Labute approximate surface area is 102 Å². The minimum absolute atomic E-state index is 0.00719. The fraction of sp³-hybridized carbons (Fsp3) is 0.500. The normalized spacial score (nSPS) is 19.9. The van der Waals surface area contributed by atoms with E-state index in [1.807, 2.05) is 19.2 Å². The van der Waals surface area contributed by atoms with Gasteiger partial charge in [0.15, 0.2) is 11.8 Å². The second-order valence-electron chi connectivity index (χ2n) is 5.39. The van der Waals surface area contributed by atoms with Crippen molar-refractivity contribution < 1.29 is 0 Å². The van der Waals surface area contributed by atoms with Crippen molar-refractivity contribution in [1.29, 1.82) is 0 Å². The first-order valence-corrected chi connectivity index (χ1v) is 5.64. The van der Waals surface area contributed by atoms with Crippen LogP contribution in [0.4, 0.5) is 5.82 Å². The number of fused-ring (bicyclic) bond motifs is 1. The Morgan fingerprint density at radius 1 is 1.29 bits per heavy atom. The Bertz CT molecular complexity index is 472. The van der Waals surface area contributed by atoms with Crippen LogP contribution in [0.3, 0.4) is 0 Å². The third kappa shape index (κ3) is 1.98. The molecule has 0 spiro atoms. The second kappa shape index (κ2) is 3.70. The van der Waals surface area contributed by atoms with Gasteiger partial charge in [0.25, 0.3) is 0 Å². The standard InChI is InChI=1S/C12H19N5/c1-12(2,3)8-6-5-7-9(13)17(4)11(14)16-10(7)15-8/h5-6,9H,13H2,1-4H3,(H2,14,15,16). The number of hydrogen-bond acceptors (Lipinski definition) is 5. The summed E-state index contributed by atoms with van der Waals surface area (Å²) in [6.45, 7) is 6.34. The van der Waals surface area contributed by atoms with Crippen LogP contribution in [0.2, 0.25) is 0 Å². The third-order valence-corrected chi connectivity index (χ3v) is 2.99. The number of nitrogens with two attached hydrogens (primary N) is 2. The molecule has 0 fully saturated rings. The molecule has 1 aliphatic rings. The summed E-state index contributed by atoms with van der Waals surface area (Å²) in [7, 11) is 1.82. The first-order chi connectivity index (χ1) is 7.80. The highest BCUT2D eigenvalue weighted by Crippen LogP contribution is 2.31. The van der Waals surface area contributed by atoms with E-state index in [9.17, 15) is 0 Å². The third-order valence-electron chi connectivity index (χ3n) is 2.99. The molecule has 1 aromatic rings. The fourth-order valence-corrected chi connectivity index (χ4v) is 1.74. The van der Waals surface area contributed by atoms with Crippen LogP contribution >= 0.6 is 0 Å². The van der Waals surface area contributed by atoms with Gasteiger partial charge >= 0.3 is 0 Å². The lowest BCUT2D eigenvalue weighted by Crippen LogP contribution is -2.43. The zero-order valence-electron chi connectivity index (χ0n) is 10.7. The van der Waals surface area contributed by atoms with E-state index >= 15 is 0 Å². The van der Waals surface area contributed by atoms with E-state index in [0.29, 0.717) is 11.8 Å². The average molecular weight is 233 g/mol. The Balaban J connectivity index is 2.53. The Morgan fingerprint density at radius 3 is 2.53 bits per heavy atom. The van der Waals surface area contributed by atoms with E-state index < -0.39 is 0 Å². The SMILES string of the molecule is CN1C(N)=Nc2nc(C(C)(C)C)ccc2C1N. The van der Waals surface area contributed by atoms with Crippen LogP contribution in [0, 0.1) is 0 Å². The van der Waals surface area contributed by atoms with Crippen LogP contribution in [-0.4, -0.2) is 22.9 Å². The second-order valence-corrected chi connectivity index (χ2v) is 5.39. The van der Waals surface area contributed by atoms with Crippen LogP contribution in [0.5, 0.6) is 0 Å². The van der Waals surface area contributed by atoms with Gasteiger partial charge in [-0.2, -0.15) is 4.99 Å². The van der Waals surface area contributed by atoms with Crippen molar-refractivity contribution in [3.63, 3.8) is 0 Å². The van der Waals surface area contributed by atoms with Gasteiger partial charge in [0, 0.05) is 23.7 Å². The monoisotopic (exact) mass is 233 g/mol. The molecule has 0 radical (unpaired) electrons. The van der Waals surface area contributed by atoms with E-state index in [1.54, 1.807) is 4.90 Å². The van der Waals surface area contributed by atoms with E-state index in [1.165, 1.54) is 0 Å². The molecule has 17 heavy (non-hydrogen) atoms. The highest BCUT2D eigenvalue weighted by Gasteiger charge is 2.25. The summed E-state index contributed by atoms with van der Waals surface area (Å²) in [5.41, 5.74) is 13.8. The van der Waals surface area contributed by atoms with Crippen molar-refractivity contribution in [2.24, 2.45) is 16.5 Å². The topological polar surface area (TPSA) is 80.5 Å². The average Bonchev–Trinajstić information content (AvgIpc) is 2.24. The van der Waals surface area contributed by atoms with Crippen LogP contribution in [-0.2, 0) is 5.41 Å². The first kappa shape index (κ1) is 11.9. The number of rotatable bonds is 0. The van der Waals surface area contributed by atoms with Crippen molar-refractivity contribution in [3.8, 4) is 0 Å². The molecule has 0 saturated heterocycles. The van der Waals surface area contributed by atoms with Crippen molar-refractivity contribution in [1.82, 2.24) is 9.88 Å². The summed E-state index contributed by atoms with van der Waals surface area (Å²) in [5, 5.41) is 0. The highest BCUT2D eigenvalue weighted by atomic mass is 15.3. The lowest BCUT2D eigenvalue weighted by atomic mass is 9.91. The summed E-state index contributed by atoms with van der Waals surface area (Å²) >= 11 is 0. The molecule has 0 aromatic carbocycles. The van der Waals surface area contributed by atoms with Crippen molar-refractivity contribution >= 4 is 11.8 Å². The fourth-order valence-electron chi connectivity index (χ4n) is 1.74.